The summed E-state index contributed by atoms with van der Waals surface area (Å²) in [6, 6.07) is -1.36. The van der Waals surface area contributed by atoms with E-state index in [1.807, 2.05) is 13.8 Å². The first-order valence-electron chi connectivity index (χ1n) is 12.2. The van der Waals surface area contributed by atoms with Crippen LogP contribution < -0.4 is 10.6 Å². The maximum absolute atomic E-state index is 12.8. The van der Waals surface area contributed by atoms with Gasteiger partial charge >= 0.3 is 12.1 Å². The van der Waals surface area contributed by atoms with Gasteiger partial charge in [-0.25, -0.2) is 9.59 Å². The number of nitrogens with one attached hydrogen (secondary N) is 2. The zero-order valence-corrected chi connectivity index (χ0v) is 20.7. The molecule has 2 aliphatic rings. The molecule has 2 rings (SSSR count). The highest BCUT2D eigenvalue weighted by Crippen LogP contribution is 2.32. The molecular formula is C24H41N3O6. The number of rotatable bonds is 8. The van der Waals surface area contributed by atoms with Gasteiger partial charge in [0.15, 0.2) is 0 Å². The zero-order chi connectivity index (χ0) is 24.8. The van der Waals surface area contributed by atoms with E-state index in [0.29, 0.717) is 38.8 Å². The third-order valence-corrected chi connectivity index (χ3v) is 6.30. The Kier molecular flexibility index (Phi) is 9.55. The Balaban J connectivity index is 1.81. The molecule has 9 nitrogen and oxygen atoms in total. The number of carbonyl (C=O) groups excluding carboxylic acids is 3. The molecule has 0 aromatic carbocycles. The average molecular weight is 468 g/mol. The van der Waals surface area contributed by atoms with Crippen LogP contribution in [0.1, 0.15) is 79.6 Å². The maximum Gasteiger partial charge on any atom is 0.408 e. The van der Waals surface area contributed by atoms with E-state index in [4.69, 9.17) is 4.74 Å². The van der Waals surface area contributed by atoms with Gasteiger partial charge in [0.05, 0.1) is 0 Å². The van der Waals surface area contributed by atoms with Gasteiger partial charge in [0.1, 0.15) is 17.7 Å². The standard InChI is InChI=1S/C24H41N3O6/c1-15(2)13-18(26-23(32)33-24(3,4)5)20(28)25-14-16-8-10-17(11-9-16)21(29)27-12-6-7-19(27)22(30)31/h15-19H,6-14H2,1-5H3,(H,25,28)(H,26,32)(H,30,31). The Morgan fingerprint density at radius 2 is 1.70 bits per heavy atom. The van der Waals surface area contributed by atoms with Crippen LogP contribution in [0, 0.1) is 17.8 Å². The van der Waals surface area contributed by atoms with Crippen LogP contribution in [0.4, 0.5) is 4.79 Å². The lowest BCUT2D eigenvalue weighted by atomic mass is 9.81. The summed E-state index contributed by atoms with van der Waals surface area (Å²) < 4.78 is 5.29. The summed E-state index contributed by atoms with van der Waals surface area (Å²) in [5.74, 6) is -0.854. The lowest BCUT2D eigenvalue weighted by molar-refractivity contribution is -0.150. The number of alkyl carbamates (subject to hydrolysis) is 1. The number of amides is 3. The summed E-state index contributed by atoms with van der Waals surface area (Å²) in [5.41, 5.74) is -0.640. The molecule has 1 saturated heterocycles. The first-order valence-corrected chi connectivity index (χ1v) is 12.2. The van der Waals surface area contributed by atoms with Crippen molar-refractivity contribution in [3.05, 3.63) is 0 Å². The molecule has 2 atom stereocenters. The van der Waals surface area contributed by atoms with E-state index in [9.17, 15) is 24.3 Å². The van der Waals surface area contributed by atoms with Crippen LogP contribution in [-0.2, 0) is 19.1 Å². The molecule has 0 spiro atoms. The Labute approximate surface area is 197 Å². The fraction of sp³-hybridized carbons (Fsp3) is 0.833. The molecule has 1 aliphatic heterocycles. The highest BCUT2D eigenvalue weighted by Gasteiger charge is 2.38. The number of hydrogen-bond donors (Lipinski definition) is 3. The smallest absolute Gasteiger partial charge is 0.408 e. The van der Waals surface area contributed by atoms with Crippen molar-refractivity contribution in [2.75, 3.05) is 13.1 Å². The second-order valence-electron chi connectivity index (χ2n) is 10.8. The molecule has 1 heterocycles. The SMILES string of the molecule is CC(C)CC(NC(=O)OC(C)(C)C)C(=O)NCC1CCC(C(=O)N2CCCC2C(=O)O)CC1. The van der Waals surface area contributed by atoms with Gasteiger partial charge in [0.25, 0.3) is 0 Å². The van der Waals surface area contributed by atoms with Gasteiger partial charge in [0, 0.05) is 19.0 Å². The molecule has 2 fully saturated rings. The Morgan fingerprint density at radius 3 is 2.24 bits per heavy atom. The number of nitrogens with zero attached hydrogens (tertiary/aromatic N) is 1. The molecule has 0 radical (unpaired) electrons. The number of carboxylic acid groups (broad SMARTS) is 1. The normalized spacial score (nSPS) is 24.3. The van der Waals surface area contributed by atoms with E-state index in [1.165, 1.54) is 4.90 Å². The third kappa shape index (κ3) is 8.51. The van der Waals surface area contributed by atoms with Crippen LogP contribution in [0.25, 0.3) is 0 Å². The Hall–Kier alpha value is -2.32. The van der Waals surface area contributed by atoms with Crippen molar-refractivity contribution in [1.29, 1.82) is 0 Å². The lowest BCUT2D eigenvalue weighted by Gasteiger charge is -2.32. The fourth-order valence-corrected chi connectivity index (χ4v) is 4.66. The van der Waals surface area contributed by atoms with Gasteiger partial charge in [-0.15, -0.1) is 0 Å². The van der Waals surface area contributed by atoms with Gasteiger partial charge in [-0.3, -0.25) is 9.59 Å². The summed E-state index contributed by atoms with van der Waals surface area (Å²) >= 11 is 0. The van der Waals surface area contributed by atoms with Crippen molar-refractivity contribution >= 4 is 23.9 Å². The van der Waals surface area contributed by atoms with E-state index in [2.05, 4.69) is 10.6 Å². The van der Waals surface area contributed by atoms with Gasteiger partial charge in [-0.1, -0.05) is 13.8 Å². The Morgan fingerprint density at radius 1 is 1.06 bits per heavy atom. The van der Waals surface area contributed by atoms with Gasteiger partial charge < -0.3 is 25.4 Å². The van der Waals surface area contributed by atoms with Gasteiger partial charge in [-0.05, 0) is 77.6 Å². The average Bonchev–Trinajstić information content (AvgIpc) is 3.20. The van der Waals surface area contributed by atoms with Gasteiger partial charge in [0.2, 0.25) is 11.8 Å². The van der Waals surface area contributed by atoms with Crippen molar-refractivity contribution in [3.63, 3.8) is 0 Å². The van der Waals surface area contributed by atoms with Gasteiger partial charge in [-0.2, -0.15) is 0 Å². The minimum atomic E-state index is -0.923. The Bertz CT molecular complexity index is 709. The highest BCUT2D eigenvalue weighted by atomic mass is 16.6. The molecule has 1 aliphatic carbocycles. The summed E-state index contributed by atoms with van der Waals surface area (Å²) in [6.45, 7) is 10.3. The topological polar surface area (TPSA) is 125 Å². The monoisotopic (exact) mass is 467 g/mol. The maximum atomic E-state index is 12.8. The first-order chi connectivity index (χ1) is 15.4. The third-order valence-electron chi connectivity index (χ3n) is 6.30. The van der Waals surface area contributed by atoms with Crippen molar-refractivity contribution in [1.82, 2.24) is 15.5 Å². The van der Waals surface area contributed by atoms with Crippen molar-refractivity contribution in [3.8, 4) is 0 Å². The van der Waals surface area contributed by atoms with Crippen LogP contribution in [0.15, 0.2) is 0 Å². The number of likely N-dealkylation sites (tertiary alicyclic amines) is 1. The number of hydrogen-bond acceptors (Lipinski definition) is 5. The molecule has 1 saturated carbocycles. The molecule has 0 aromatic rings. The van der Waals surface area contributed by atoms with Crippen LogP contribution in [0.5, 0.6) is 0 Å². The van der Waals surface area contributed by atoms with Crippen molar-refractivity contribution in [2.24, 2.45) is 17.8 Å². The largest absolute Gasteiger partial charge is 0.480 e. The van der Waals surface area contributed by atoms with Crippen LogP contribution in [0.2, 0.25) is 0 Å². The molecule has 3 N–H and O–H groups in total. The molecular weight excluding hydrogens is 426 g/mol. The first kappa shape index (κ1) is 26.9. The van der Waals surface area contributed by atoms with E-state index in [1.54, 1.807) is 20.8 Å². The summed E-state index contributed by atoms with van der Waals surface area (Å²) in [7, 11) is 0. The van der Waals surface area contributed by atoms with E-state index in [-0.39, 0.29) is 29.6 Å². The summed E-state index contributed by atoms with van der Waals surface area (Å²) in [5, 5.41) is 15.0. The predicted octanol–water partition coefficient (Wildman–Crippen LogP) is 2.92. The lowest BCUT2D eigenvalue weighted by Crippen LogP contribution is -2.49. The van der Waals surface area contributed by atoms with Crippen LogP contribution >= 0.6 is 0 Å². The predicted molar refractivity (Wildman–Crippen MR) is 123 cm³/mol. The fourth-order valence-electron chi connectivity index (χ4n) is 4.66. The molecule has 33 heavy (non-hydrogen) atoms. The van der Waals surface area contributed by atoms with E-state index < -0.39 is 29.7 Å². The summed E-state index contributed by atoms with van der Waals surface area (Å²) in [4.78, 5) is 50.7. The molecule has 9 heteroatoms. The summed E-state index contributed by atoms with van der Waals surface area (Å²) in [6.07, 6.45) is 4.17. The molecule has 2 unspecified atom stereocenters. The number of ether oxygens (including phenoxy) is 1. The second-order valence-corrected chi connectivity index (χ2v) is 10.8. The van der Waals surface area contributed by atoms with Crippen LogP contribution in [0.3, 0.4) is 0 Å². The number of aliphatic carboxylic acids is 1. The van der Waals surface area contributed by atoms with E-state index >= 15 is 0 Å². The number of carbonyl (C=O) groups is 4. The van der Waals surface area contributed by atoms with Crippen molar-refractivity contribution in [2.45, 2.75) is 97.2 Å². The molecule has 0 bridgehead atoms. The van der Waals surface area contributed by atoms with E-state index in [0.717, 1.165) is 19.3 Å². The molecule has 0 aromatic heterocycles. The van der Waals surface area contributed by atoms with Crippen molar-refractivity contribution < 1.29 is 29.0 Å². The second kappa shape index (κ2) is 11.7. The molecule has 3 amide bonds. The quantitative estimate of drug-likeness (QED) is 0.504. The highest BCUT2D eigenvalue weighted by molar-refractivity contribution is 5.86. The zero-order valence-electron chi connectivity index (χ0n) is 20.7. The molecule has 188 valence electrons. The van der Waals surface area contributed by atoms with Crippen LogP contribution in [-0.4, -0.2) is 64.7 Å². The minimum Gasteiger partial charge on any atom is -0.480 e. The minimum absolute atomic E-state index is 0.0408. The number of carboxylic acids is 1.